The fraction of sp³-hybridized carbons (Fsp3) is 0.0417. The molecule has 5 aromatic rings. The number of fused-ring (bicyclic) bond motifs is 1. The maximum atomic E-state index is 12.9. The van der Waals surface area contributed by atoms with Gasteiger partial charge in [0.05, 0.1) is 35.3 Å². The number of aromatic nitrogens is 4. The van der Waals surface area contributed by atoms with Gasteiger partial charge < -0.3 is 14.3 Å². The van der Waals surface area contributed by atoms with Crippen molar-refractivity contribution in [2.45, 2.75) is 6.54 Å². The molecule has 0 aliphatic rings. The number of para-hydroxylation sites is 1. The lowest BCUT2D eigenvalue weighted by atomic mass is 10.2. The van der Waals surface area contributed by atoms with Crippen LogP contribution in [-0.2, 0) is 6.54 Å². The largest absolute Gasteiger partial charge is 0.346 e. The first-order chi connectivity index (χ1) is 14.8. The maximum Gasteiger partial charge on any atom is 0.253 e. The Labute approximate surface area is 173 Å². The Morgan fingerprint density at radius 1 is 0.933 bits per heavy atom. The Morgan fingerprint density at radius 3 is 2.60 bits per heavy atom. The van der Waals surface area contributed by atoms with Gasteiger partial charge in [-0.2, -0.15) is 0 Å². The molecule has 0 aliphatic heterocycles. The van der Waals surface area contributed by atoms with Gasteiger partial charge in [0.25, 0.3) is 5.91 Å². The molecule has 1 aromatic carbocycles. The number of nitrogens with one attached hydrogen (secondary N) is 1. The van der Waals surface area contributed by atoms with Crippen molar-refractivity contribution >= 4 is 11.4 Å². The molecule has 0 atom stereocenters. The molecule has 5 rings (SSSR count). The highest BCUT2D eigenvalue weighted by Crippen LogP contribution is 2.26. The van der Waals surface area contributed by atoms with Gasteiger partial charge in [0.15, 0.2) is 0 Å². The van der Waals surface area contributed by atoms with Crippen molar-refractivity contribution in [3.8, 4) is 17.1 Å². The van der Waals surface area contributed by atoms with Crippen LogP contribution >= 0.6 is 0 Å². The zero-order valence-electron chi connectivity index (χ0n) is 16.1. The summed E-state index contributed by atoms with van der Waals surface area (Å²) in [6.45, 7) is 0.377. The van der Waals surface area contributed by atoms with Crippen molar-refractivity contribution in [1.82, 2.24) is 24.3 Å². The molecule has 0 saturated heterocycles. The van der Waals surface area contributed by atoms with Crippen molar-refractivity contribution in [3.05, 3.63) is 109 Å². The molecule has 0 bridgehead atoms. The molecular weight excluding hydrogens is 374 g/mol. The molecule has 0 saturated carbocycles. The summed E-state index contributed by atoms with van der Waals surface area (Å²) in [5.41, 5.74) is 4.95. The standard InChI is InChI=1S/C24H19N5O/c30-24(26-15-18-8-4-6-12-25-18)20-14-23(29-13-7-5-11-22(20)29)21-16-28(17-27-21)19-9-2-1-3-10-19/h1-14,16-17H,15H2,(H,26,30). The number of hydrogen-bond donors (Lipinski definition) is 1. The first-order valence-electron chi connectivity index (χ1n) is 9.67. The molecule has 0 unspecified atom stereocenters. The molecule has 146 valence electrons. The van der Waals surface area contributed by atoms with E-state index in [-0.39, 0.29) is 5.91 Å². The quantitative estimate of drug-likeness (QED) is 0.489. The molecule has 30 heavy (non-hydrogen) atoms. The number of pyridine rings is 2. The van der Waals surface area contributed by atoms with E-state index in [0.717, 1.165) is 28.3 Å². The van der Waals surface area contributed by atoms with Crippen LogP contribution in [0.1, 0.15) is 16.1 Å². The van der Waals surface area contributed by atoms with E-state index in [1.165, 1.54) is 0 Å². The minimum atomic E-state index is -0.141. The first-order valence-corrected chi connectivity index (χ1v) is 9.67. The van der Waals surface area contributed by atoms with Crippen molar-refractivity contribution in [2.24, 2.45) is 0 Å². The number of hydrogen-bond acceptors (Lipinski definition) is 3. The van der Waals surface area contributed by atoms with Crippen LogP contribution in [0.4, 0.5) is 0 Å². The van der Waals surface area contributed by atoms with Gasteiger partial charge >= 0.3 is 0 Å². The number of carbonyl (C=O) groups is 1. The van der Waals surface area contributed by atoms with E-state index in [2.05, 4.69) is 15.3 Å². The van der Waals surface area contributed by atoms with Gasteiger partial charge in [0, 0.05) is 24.3 Å². The number of imidazole rings is 1. The molecule has 0 radical (unpaired) electrons. The van der Waals surface area contributed by atoms with E-state index in [0.29, 0.717) is 12.1 Å². The van der Waals surface area contributed by atoms with Crippen molar-refractivity contribution in [1.29, 1.82) is 0 Å². The Bertz CT molecular complexity index is 1310. The zero-order chi connectivity index (χ0) is 20.3. The summed E-state index contributed by atoms with van der Waals surface area (Å²) < 4.78 is 3.96. The fourth-order valence-electron chi connectivity index (χ4n) is 3.50. The van der Waals surface area contributed by atoms with Gasteiger partial charge in [0.2, 0.25) is 0 Å². The first kappa shape index (κ1) is 17.9. The highest BCUT2D eigenvalue weighted by Gasteiger charge is 2.17. The fourth-order valence-corrected chi connectivity index (χ4v) is 3.50. The van der Waals surface area contributed by atoms with E-state index in [1.807, 2.05) is 94.2 Å². The third-order valence-electron chi connectivity index (χ3n) is 4.98. The summed E-state index contributed by atoms with van der Waals surface area (Å²) in [4.78, 5) is 21.8. The van der Waals surface area contributed by atoms with E-state index in [9.17, 15) is 4.79 Å². The second-order valence-electron chi connectivity index (χ2n) is 6.90. The van der Waals surface area contributed by atoms with Gasteiger partial charge in [0.1, 0.15) is 5.69 Å². The number of nitrogens with zero attached hydrogens (tertiary/aromatic N) is 4. The van der Waals surface area contributed by atoms with Crippen LogP contribution in [0.25, 0.3) is 22.6 Å². The van der Waals surface area contributed by atoms with Gasteiger partial charge in [-0.3, -0.25) is 9.78 Å². The average molecular weight is 393 g/mol. The summed E-state index contributed by atoms with van der Waals surface area (Å²) in [6.07, 6.45) is 7.42. The minimum absolute atomic E-state index is 0.141. The van der Waals surface area contributed by atoms with Gasteiger partial charge in [-0.25, -0.2) is 4.98 Å². The summed E-state index contributed by atoms with van der Waals surface area (Å²) in [6, 6.07) is 23.4. The normalized spacial score (nSPS) is 10.9. The molecule has 6 heteroatoms. The van der Waals surface area contributed by atoms with Gasteiger partial charge in [-0.1, -0.05) is 30.3 Å². The Hall–Kier alpha value is -4.19. The summed E-state index contributed by atoms with van der Waals surface area (Å²) >= 11 is 0. The van der Waals surface area contributed by atoms with E-state index < -0.39 is 0 Å². The topological polar surface area (TPSA) is 64.2 Å². The average Bonchev–Trinajstić information content (AvgIpc) is 3.44. The summed E-state index contributed by atoms with van der Waals surface area (Å²) in [5, 5.41) is 2.96. The van der Waals surface area contributed by atoms with E-state index in [1.54, 1.807) is 12.5 Å². The molecule has 1 N–H and O–H groups in total. The number of amides is 1. The Kier molecular flexibility index (Phi) is 4.57. The highest BCUT2D eigenvalue weighted by molar-refractivity contribution is 6.02. The second kappa shape index (κ2) is 7.67. The number of benzene rings is 1. The Morgan fingerprint density at radius 2 is 1.77 bits per heavy atom. The van der Waals surface area contributed by atoms with E-state index in [4.69, 9.17) is 0 Å². The summed E-state index contributed by atoms with van der Waals surface area (Å²) in [7, 11) is 0. The lowest BCUT2D eigenvalue weighted by molar-refractivity contribution is 0.0952. The van der Waals surface area contributed by atoms with Crippen molar-refractivity contribution < 1.29 is 4.79 Å². The maximum absolute atomic E-state index is 12.9. The Balaban J connectivity index is 1.49. The molecule has 0 aliphatic carbocycles. The molecule has 0 spiro atoms. The monoisotopic (exact) mass is 393 g/mol. The van der Waals surface area contributed by atoms with Crippen molar-refractivity contribution in [3.63, 3.8) is 0 Å². The minimum Gasteiger partial charge on any atom is -0.346 e. The predicted molar refractivity (Wildman–Crippen MR) is 115 cm³/mol. The molecular formula is C24H19N5O. The van der Waals surface area contributed by atoms with Crippen LogP contribution in [0.5, 0.6) is 0 Å². The predicted octanol–water partition coefficient (Wildman–Crippen LogP) is 4.12. The SMILES string of the molecule is O=C(NCc1ccccn1)c1cc(-c2cn(-c3ccccc3)cn2)n2ccccc12. The van der Waals surface area contributed by atoms with Crippen LogP contribution in [0.15, 0.2) is 97.7 Å². The molecule has 6 nitrogen and oxygen atoms in total. The van der Waals surface area contributed by atoms with Crippen LogP contribution in [0.2, 0.25) is 0 Å². The van der Waals surface area contributed by atoms with Gasteiger partial charge in [-0.05, 0) is 42.5 Å². The van der Waals surface area contributed by atoms with E-state index >= 15 is 0 Å². The third-order valence-corrected chi connectivity index (χ3v) is 4.98. The lowest BCUT2D eigenvalue weighted by Crippen LogP contribution is -2.23. The second-order valence-corrected chi connectivity index (χ2v) is 6.90. The molecule has 1 amide bonds. The number of rotatable bonds is 5. The molecule has 4 aromatic heterocycles. The third kappa shape index (κ3) is 3.35. The smallest absolute Gasteiger partial charge is 0.253 e. The van der Waals surface area contributed by atoms with Crippen molar-refractivity contribution in [2.75, 3.05) is 0 Å². The van der Waals surface area contributed by atoms with Crippen LogP contribution in [-0.4, -0.2) is 24.8 Å². The van der Waals surface area contributed by atoms with Crippen LogP contribution in [0, 0.1) is 0 Å². The number of carbonyl (C=O) groups excluding carboxylic acids is 1. The molecule has 4 heterocycles. The summed E-state index contributed by atoms with van der Waals surface area (Å²) in [5.74, 6) is -0.141. The molecule has 0 fully saturated rings. The lowest BCUT2D eigenvalue weighted by Gasteiger charge is -2.04. The zero-order valence-corrected chi connectivity index (χ0v) is 16.1. The van der Waals surface area contributed by atoms with Gasteiger partial charge in [-0.15, -0.1) is 0 Å². The van der Waals surface area contributed by atoms with Crippen LogP contribution in [0.3, 0.4) is 0 Å². The van der Waals surface area contributed by atoms with Crippen LogP contribution < -0.4 is 5.32 Å². The highest BCUT2D eigenvalue weighted by atomic mass is 16.1.